The van der Waals surface area contributed by atoms with E-state index >= 15 is 0 Å². The number of hydrogen-bond acceptors (Lipinski definition) is 15. The van der Waals surface area contributed by atoms with Crippen LogP contribution in [0.25, 0.3) is 0 Å². The van der Waals surface area contributed by atoms with Crippen molar-refractivity contribution < 1.29 is 66.7 Å². The van der Waals surface area contributed by atoms with Gasteiger partial charge in [-0.25, -0.2) is 24.0 Å². The second-order valence-electron chi connectivity index (χ2n) is 4.04. The molecule has 0 bridgehead atoms. The summed E-state index contributed by atoms with van der Waals surface area (Å²) in [6.45, 7) is 2.52. The third-order valence-corrected chi connectivity index (χ3v) is 2.46. The maximum atomic E-state index is 10.0. The highest BCUT2D eigenvalue weighted by Gasteiger charge is 2.11. The number of methoxy groups -OCH3 is 7. The fraction of sp³-hybridized carbons (Fsp3) is 0.588. The predicted octanol–water partition coefficient (Wildman–Crippen LogP) is 0.775. The Labute approximate surface area is 190 Å². The van der Waals surface area contributed by atoms with Gasteiger partial charge < -0.3 is 33.2 Å². The Kier molecular flexibility index (Phi) is 36.5. The Balaban J connectivity index is -0.0000000958. The van der Waals surface area contributed by atoms with Gasteiger partial charge in [-0.05, 0) is 18.0 Å². The zero-order valence-corrected chi connectivity index (χ0v) is 20.4. The van der Waals surface area contributed by atoms with Gasteiger partial charge in [-0.3, -0.25) is 9.59 Å². The van der Waals surface area contributed by atoms with Crippen LogP contribution in [-0.4, -0.2) is 97.1 Å². The molecule has 0 heterocycles. The lowest BCUT2D eigenvalue weighted by atomic mass is 10.5. The molecule has 0 aliphatic carbocycles. The molecule has 0 fully saturated rings. The van der Waals surface area contributed by atoms with Gasteiger partial charge in [0.25, 0.3) is 0 Å². The minimum atomic E-state index is -0.979. The van der Waals surface area contributed by atoms with Crippen LogP contribution in [0.1, 0.15) is 13.8 Å². The van der Waals surface area contributed by atoms with Gasteiger partial charge in [0.2, 0.25) is 5.78 Å². The molecule has 0 spiro atoms. The molecule has 0 amide bonds. The second-order valence-corrected chi connectivity index (χ2v) is 4.78. The van der Waals surface area contributed by atoms with Crippen molar-refractivity contribution in [3.05, 3.63) is 0 Å². The summed E-state index contributed by atoms with van der Waals surface area (Å²) in [5, 5.41) is -0.241. The summed E-state index contributed by atoms with van der Waals surface area (Å²) in [6.07, 6.45) is 1.02. The van der Waals surface area contributed by atoms with E-state index < -0.39 is 29.8 Å². The third kappa shape index (κ3) is 41.1. The van der Waals surface area contributed by atoms with E-state index in [0.717, 1.165) is 32.9 Å². The first-order chi connectivity index (χ1) is 14.8. The number of ketones is 1. The molecule has 0 aromatic carbocycles. The van der Waals surface area contributed by atoms with Crippen LogP contribution >= 0.6 is 11.8 Å². The topological polar surface area (TPSA) is 184 Å². The van der Waals surface area contributed by atoms with Gasteiger partial charge in [-0.2, -0.15) is 0 Å². The minimum Gasteiger partial charge on any atom is -0.469 e. The molecule has 32 heavy (non-hydrogen) atoms. The minimum absolute atomic E-state index is 0.241. The molecule has 0 aliphatic heterocycles. The summed E-state index contributed by atoms with van der Waals surface area (Å²) in [7, 11) is 8.61. The van der Waals surface area contributed by atoms with E-state index in [9.17, 15) is 33.6 Å². The van der Waals surface area contributed by atoms with E-state index in [-0.39, 0.29) is 11.3 Å². The molecule has 0 saturated heterocycles. The van der Waals surface area contributed by atoms with Gasteiger partial charge in [0.05, 0.1) is 49.8 Å². The Morgan fingerprint density at radius 2 is 0.812 bits per heavy atom. The van der Waals surface area contributed by atoms with Crippen molar-refractivity contribution in [1.29, 1.82) is 0 Å². The third-order valence-electron chi connectivity index (χ3n) is 1.96. The number of ether oxygens (including phenoxy) is 7. The summed E-state index contributed by atoms with van der Waals surface area (Å²) in [5.74, 6) is -3.56. The molecule has 0 N–H and O–H groups in total. The summed E-state index contributed by atoms with van der Waals surface area (Å²) < 4.78 is 28.4. The molecule has 0 aromatic rings. The van der Waals surface area contributed by atoms with E-state index in [1.807, 2.05) is 0 Å². The van der Waals surface area contributed by atoms with Gasteiger partial charge in [0.1, 0.15) is 0 Å². The summed E-state index contributed by atoms with van der Waals surface area (Å²) in [5.41, 5.74) is 0. The van der Waals surface area contributed by atoms with Crippen LogP contribution in [0.4, 0.5) is 9.59 Å². The quantitative estimate of drug-likeness (QED) is 0.285. The predicted molar refractivity (Wildman–Crippen MR) is 110 cm³/mol. The molecule has 0 atom stereocenters. The van der Waals surface area contributed by atoms with Crippen LogP contribution in [0.3, 0.4) is 0 Å². The Hall–Kier alpha value is -3.36. The molecule has 0 radical (unpaired) electrons. The maximum absolute atomic E-state index is 10.0. The van der Waals surface area contributed by atoms with Gasteiger partial charge in [-0.1, -0.05) is 0 Å². The van der Waals surface area contributed by atoms with E-state index in [2.05, 4.69) is 33.2 Å². The first-order valence-electron chi connectivity index (χ1n) is 7.83. The molecule has 15 heteroatoms. The largest absolute Gasteiger partial charge is 0.507 e. The molecule has 0 saturated carbocycles. The lowest BCUT2D eigenvalue weighted by molar-refractivity contribution is -0.164. The van der Waals surface area contributed by atoms with Crippen molar-refractivity contribution in [3.8, 4) is 0 Å². The molecule has 0 unspecified atom stereocenters. The van der Waals surface area contributed by atoms with Crippen LogP contribution in [0.5, 0.6) is 0 Å². The average molecular weight is 490 g/mol. The molecule has 0 rings (SSSR count). The van der Waals surface area contributed by atoms with Crippen molar-refractivity contribution in [3.63, 3.8) is 0 Å². The summed E-state index contributed by atoms with van der Waals surface area (Å²) >= 11 is 1.06. The fourth-order valence-corrected chi connectivity index (χ4v) is 0.644. The van der Waals surface area contributed by atoms with E-state index in [1.54, 1.807) is 6.26 Å². The van der Waals surface area contributed by atoms with Crippen molar-refractivity contribution in [1.82, 2.24) is 0 Å². The normalized spacial score (nSPS) is 7.44. The molecule has 0 aromatic heterocycles. The number of rotatable bonds is 1. The number of carbonyl (C=O) groups is 7. The van der Waals surface area contributed by atoms with Crippen molar-refractivity contribution >= 4 is 52.9 Å². The first-order valence-corrected chi connectivity index (χ1v) is 9.05. The van der Waals surface area contributed by atoms with E-state index in [0.29, 0.717) is 0 Å². The summed E-state index contributed by atoms with van der Waals surface area (Å²) in [4.78, 5) is 69.2. The Morgan fingerprint density at radius 1 is 0.500 bits per heavy atom. The van der Waals surface area contributed by atoms with E-state index in [1.165, 1.54) is 42.5 Å². The molecule has 188 valence electrons. The molecular formula is C17H30O14S. The van der Waals surface area contributed by atoms with Crippen molar-refractivity contribution in [2.24, 2.45) is 0 Å². The van der Waals surface area contributed by atoms with E-state index in [4.69, 9.17) is 0 Å². The highest BCUT2D eigenvalue weighted by Crippen LogP contribution is 1.94. The highest BCUT2D eigenvalue weighted by atomic mass is 32.2. The second kappa shape index (κ2) is 29.8. The first kappa shape index (κ1) is 39.2. The van der Waals surface area contributed by atoms with Gasteiger partial charge in [0.15, 0.2) is 0 Å². The molecule has 14 nitrogen and oxygen atoms in total. The Bertz CT molecular complexity index is 532. The smallest absolute Gasteiger partial charge is 0.469 e. The number of Topliss-reactive ketones (excluding diaryl/α,β-unsaturated/α-hetero) is 1. The molecule has 0 aliphatic rings. The average Bonchev–Trinajstić information content (AvgIpc) is 2.82. The lowest BCUT2D eigenvalue weighted by Crippen LogP contribution is -2.16. The number of esters is 4. The highest BCUT2D eigenvalue weighted by molar-refractivity contribution is 8.12. The van der Waals surface area contributed by atoms with Gasteiger partial charge >= 0.3 is 35.3 Å². The number of hydrogen-bond donors (Lipinski definition) is 0. The maximum Gasteiger partial charge on any atom is 0.507 e. The van der Waals surface area contributed by atoms with Crippen LogP contribution in [0, 0.1) is 0 Å². The van der Waals surface area contributed by atoms with Gasteiger partial charge in [0, 0.05) is 13.8 Å². The van der Waals surface area contributed by atoms with Gasteiger partial charge in [-0.15, -0.1) is 0 Å². The van der Waals surface area contributed by atoms with Crippen molar-refractivity contribution in [2.45, 2.75) is 13.8 Å². The van der Waals surface area contributed by atoms with Crippen LogP contribution in [0.15, 0.2) is 0 Å². The number of thioether (sulfide) groups is 1. The number of carbonyl (C=O) groups excluding carboxylic acids is 7. The zero-order valence-electron chi connectivity index (χ0n) is 19.6. The SMILES string of the molecule is COC(=O)C(=O)OC.COC(=O)C(C)=O.COC(=O)OC.COC(=O)SC.COC(C)=O. The monoisotopic (exact) mass is 490 g/mol. The summed E-state index contributed by atoms with van der Waals surface area (Å²) in [6, 6.07) is 0. The van der Waals surface area contributed by atoms with Crippen molar-refractivity contribution in [2.75, 3.05) is 56.0 Å². The Morgan fingerprint density at radius 3 is 0.844 bits per heavy atom. The van der Waals surface area contributed by atoms with Crippen LogP contribution < -0.4 is 0 Å². The zero-order chi connectivity index (χ0) is 26.7. The van der Waals surface area contributed by atoms with Crippen LogP contribution in [-0.2, 0) is 57.1 Å². The molecular weight excluding hydrogens is 460 g/mol. The standard InChI is InChI=1S/C4H6O4.C4H6O3.C3H6O3.C3H6O2S.C3H6O2/c1-7-3(5)4(6)8-2;1-3(5)4(6)7-2;2*1-5-3(4)6-2;1-3(4)5-2/h1-2H3;1-2H3;2*1-2H3;1-2H3. The van der Waals surface area contributed by atoms with Crippen LogP contribution in [0.2, 0.25) is 0 Å². The lowest BCUT2D eigenvalue weighted by Gasteiger charge is -1.92. The fourth-order valence-electron chi connectivity index (χ4n) is 0.477.